The smallest absolute Gasteiger partial charge is 0.199 e. The Balaban J connectivity index is 1.45. The molecule has 0 bridgehead atoms. The monoisotopic (exact) mass is 482 g/mol. The Labute approximate surface area is 201 Å². The zero-order valence-electron chi connectivity index (χ0n) is 18.9. The van der Waals surface area contributed by atoms with Crippen LogP contribution in [0.25, 0.3) is 17.2 Å². The molecule has 33 heavy (non-hydrogen) atoms. The van der Waals surface area contributed by atoms with Crippen LogP contribution in [-0.4, -0.2) is 52.0 Å². The summed E-state index contributed by atoms with van der Waals surface area (Å²) in [5, 5.41) is 21.8. The number of nitrogens with zero attached hydrogens (tertiary/aromatic N) is 7. The minimum atomic E-state index is 0.160. The third-order valence-corrected chi connectivity index (χ3v) is 7.20. The quantitative estimate of drug-likeness (QED) is 0.314. The molecule has 3 aromatic heterocycles. The van der Waals surface area contributed by atoms with Gasteiger partial charge in [-0.25, -0.2) is 0 Å². The van der Waals surface area contributed by atoms with Gasteiger partial charge < -0.3 is 4.74 Å². The molecule has 172 valence electrons. The Morgan fingerprint density at radius 1 is 1.24 bits per heavy atom. The zero-order valence-corrected chi connectivity index (χ0v) is 20.5. The highest BCUT2D eigenvalue weighted by Gasteiger charge is 2.23. The molecule has 4 heterocycles. The maximum Gasteiger partial charge on any atom is 0.199 e. The van der Waals surface area contributed by atoms with Gasteiger partial charge in [0.2, 0.25) is 0 Å². The molecule has 1 atom stereocenters. The van der Waals surface area contributed by atoms with E-state index < -0.39 is 0 Å². The fourth-order valence-electron chi connectivity index (χ4n) is 4.06. The average Bonchev–Trinajstić information content (AvgIpc) is 3.59. The molecule has 5 rings (SSSR count). The van der Waals surface area contributed by atoms with E-state index >= 15 is 0 Å². The second kappa shape index (κ2) is 9.24. The standard InChI is InChI=1S/C22H26N8OS2/c1-14-6-4-8-18(15(14)2)30-19(23-25-21(30)32)13-33-22-26-24-20(17-9-10-28(3)27-17)29(22)12-16-7-5-11-31-16/h4,6,8-10,16H,5,7,11-13H2,1-3H3,(H,25,32)/t16-/m1/s1. The van der Waals surface area contributed by atoms with Crippen LogP contribution in [-0.2, 0) is 24.1 Å². The predicted molar refractivity (Wildman–Crippen MR) is 129 cm³/mol. The summed E-state index contributed by atoms with van der Waals surface area (Å²) in [6, 6.07) is 8.17. The molecule has 1 saturated heterocycles. The second-order valence-corrected chi connectivity index (χ2v) is 9.54. The Bertz CT molecular complexity index is 1330. The van der Waals surface area contributed by atoms with E-state index in [0.717, 1.165) is 47.6 Å². The van der Waals surface area contributed by atoms with Crippen LogP contribution in [0.5, 0.6) is 0 Å². The predicted octanol–water partition coefficient (Wildman–Crippen LogP) is 4.01. The third kappa shape index (κ3) is 4.40. The number of aromatic amines is 1. The highest BCUT2D eigenvalue weighted by molar-refractivity contribution is 7.98. The van der Waals surface area contributed by atoms with Crippen LogP contribution in [0.1, 0.15) is 29.8 Å². The molecule has 0 unspecified atom stereocenters. The molecule has 1 aliphatic heterocycles. The first-order valence-corrected chi connectivity index (χ1v) is 12.3. The molecule has 1 aromatic carbocycles. The molecule has 0 amide bonds. The summed E-state index contributed by atoms with van der Waals surface area (Å²) in [6.07, 6.45) is 4.19. The highest BCUT2D eigenvalue weighted by Crippen LogP contribution is 2.28. The molecular weight excluding hydrogens is 456 g/mol. The first kappa shape index (κ1) is 22.1. The molecule has 11 heteroatoms. The zero-order chi connectivity index (χ0) is 22.9. The number of ether oxygens (including phenoxy) is 1. The van der Waals surface area contributed by atoms with Gasteiger partial charge in [-0.05, 0) is 62.2 Å². The van der Waals surface area contributed by atoms with Crippen molar-refractivity contribution < 1.29 is 4.74 Å². The van der Waals surface area contributed by atoms with Gasteiger partial charge in [0.15, 0.2) is 15.8 Å². The number of thioether (sulfide) groups is 1. The number of hydrogen-bond acceptors (Lipinski definition) is 7. The lowest BCUT2D eigenvalue weighted by Crippen LogP contribution is -2.17. The summed E-state index contributed by atoms with van der Waals surface area (Å²) in [5.74, 6) is 2.18. The molecule has 0 saturated carbocycles. The largest absolute Gasteiger partial charge is 0.376 e. The highest BCUT2D eigenvalue weighted by atomic mass is 32.2. The Morgan fingerprint density at radius 3 is 2.88 bits per heavy atom. The first-order valence-electron chi connectivity index (χ1n) is 10.9. The van der Waals surface area contributed by atoms with Crippen LogP contribution >= 0.6 is 24.0 Å². The summed E-state index contributed by atoms with van der Waals surface area (Å²) < 4.78 is 12.4. The van der Waals surface area contributed by atoms with Crippen LogP contribution in [0.4, 0.5) is 0 Å². The summed E-state index contributed by atoms with van der Waals surface area (Å²) in [6.45, 7) is 5.71. The Kier molecular flexibility index (Phi) is 6.17. The number of benzene rings is 1. The summed E-state index contributed by atoms with van der Waals surface area (Å²) in [5.41, 5.74) is 4.23. The second-order valence-electron chi connectivity index (χ2n) is 8.21. The number of H-pyrrole nitrogens is 1. The van der Waals surface area contributed by atoms with Crippen LogP contribution in [0.2, 0.25) is 0 Å². The number of hydrogen-bond donors (Lipinski definition) is 1. The van der Waals surface area contributed by atoms with Gasteiger partial charge in [-0.15, -0.1) is 10.2 Å². The van der Waals surface area contributed by atoms with E-state index in [2.05, 4.69) is 56.0 Å². The molecular formula is C22H26N8OS2. The van der Waals surface area contributed by atoms with Gasteiger partial charge in [0, 0.05) is 19.9 Å². The summed E-state index contributed by atoms with van der Waals surface area (Å²) in [7, 11) is 1.90. The normalized spacial score (nSPS) is 16.0. The van der Waals surface area contributed by atoms with E-state index in [-0.39, 0.29) is 6.10 Å². The van der Waals surface area contributed by atoms with Crippen molar-refractivity contribution in [2.75, 3.05) is 6.61 Å². The van der Waals surface area contributed by atoms with E-state index in [1.165, 1.54) is 11.1 Å². The van der Waals surface area contributed by atoms with E-state index in [0.29, 0.717) is 17.1 Å². The lowest BCUT2D eigenvalue weighted by Gasteiger charge is -2.14. The molecule has 0 radical (unpaired) electrons. The Hall–Kier alpha value is -2.76. The molecule has 4 aromatic rings. The minimum absolute atomic E-state index is 0.160. The Morgan fingerprint density at radius 2 is 2.12 bits per heavy atom. The lowest BCUT2D eigenvalue weighted by molar-refractivity contribution is 0.0953. The van der Waals surface area contributed by atoms with Gasteiger partial charge in [-0.1, -0.05) is 23.9 Å². The van der Waals surface area contributed by atoms with Crippen LogP contribution in [0.15, 0.2) is 35.6 Å². The van der Waals surface area contributed by atoms with Gasteiger partial charge in [0.1, 0.15) is 11.5 Å². The molecule has 1 fully saturated rings. The van der Waals surface area contributed by atoms with Gasteiger partial charge in [-0.2, -0.15) is 10.2 Å². The van der Waals surface area contributed by atoms with Crippen LogP contribution in [0, 0.1) is 18.6 Å². The molecule has 0 aliphatic carbocycles. The molecule has 1 aliphatic rings. The fraction of sp³-hybridized carbons (Fsp3) is 0.409. The first-order chi connectivity index (χ1) is 16.0. The number of rotatable bonds is 7. The summed E-state index contributed by atoms with van der Waals surface area (Å²) >= 11 is 7.14. The van der Waals surface area contributed by atoms with Crippen molar-refractivity contribution in [1.82, 2.24) is 39.3 Å². The topological polar surface area (TPSA) is 91.4 Å². The SMILES string of the molecule is Cc1cccc(-n2c(CSc3nnc(-c4ccn(C)n4)n3C[C@H]3CCCO3)n[nH]c2=S)c1C. The number of nitrogens with one attached hydrogen (secondary N) is 1. The van der Waals surface area contributed by atoms with Crippen molar-refractivity contribution >= 4 is 24.0 Å². The van der Waals surface area contributed by atoms with Gasteiger partial charge in [0.25, 0.3) is 0 Å². The average molecular weight is 483 g/mol. The van der Waals surface area contributed by atoms with Crippen LogP contribution < -0.4 is 0 Å². The van der Waals surface area contributed by atoms with Gasteiger partial charge in [-0.3, -0.25) is 18.9 Å². The lowest BCUT2D eigenvalue weighted by atomic mass is 10.1. The maximum absolute atomic E-state index is 5.90. The number of aryl methyl sites for hydroxylation is 2. The van der Waals surface area contributed by atoms with Crippen LogP contribution in [0.3, 0.4) is 0 Å². The van der Waals surface area contributed by atoms with Crippen molar-refractivity contribution in [1.29, 1.82) is 0 Å². The third-order valence-electron chi connectivity index (χ3n) is 5.96. The van der Waals surface area contributed by atoms with E-state index in [9.17, 15) is 0 Å². The van der Waals surface area contributed by atoms with Crippen molar-refractivity contribution in [3.8, 4) is 17.2 Å². The molecule has 0 spiro atoms. The fourth-order valence-corrected chi connectivity index (χ4v) is 5.17. The number of aromatic nitrogens is 8. The molecule has 9 nitrogen and oxygen atoms in total. The minimum Gasteiger partial charge on any atom is -0.376 e. The van der Waals surface area contributed by atoms with E-state index in [1.54, 1.807) is 16.4 Å². The summed E-state index contributed by atoms with van der Waals surface area (Å²) in [4.78, 5) is 0. The van der Waals surface area contributed by atoms with E-state index in [4.69, 9.17) is 17.0 Å². The van der Waals surface area contributed by atoms with Crippen molar-refractivity contribution in [2.45, 2.75) is 50.2 Å². The van der Waals surface area contributed by atoms with Crippen molar-refractivity contribution in [3.63, 3.8) is 0 Å². The van der Waals surface area contributed by atoms with Crippen molar-refractivity contribution in [3.05, 3.63) is 52.2 Å². The van der Waals surface area contributed by atoms with Crippen molar-refractivity contribution in [2.24, 2.45) is 7.05 Å². The molecule has 1 N–H and O–H groups in total. The maximum atomic E-state index is 5.90. The van der Waals surface area contributed by atoms with Gasteiger partial charge in [0.05, 0.1) is 24.1 Å². The van der Waals surface area contributed by atoms with Gasteiger partial charge >= 0.3 is 0 Å². The van der Waals surface area contributed by atoms with E-state index in [1.807, 2.05) is 29.9 Å².